The van der Waals surface area contributed by atoms with E-state index in [4.69, 9.17) is 21.1 Å². The van der Waals surface area contributed by atoms with E-state index in [1.807, 2.05) is 60.7 Å². The molecule has 104 valence electrons. The smallest absolute Gasteiger partial charge is 0.254 e. The molecule has 0 spiro atoms. The van der Waals surface area contributed by atoms with Crippen LogP contribution < -0.4 is 4.74 Å². The summed E-state index contributed by atoms with van der Waals surface area (Å²) in [5.41, 5.74) is 0.982. The molecule has 0 bridgehead atoms. The molecule has 0 heterocycles. The van der Waals surface area contributed by atoms with Crippen molar-refractivity contribution < 1.29 is 14.3 Å². The molecule has 0 aliphatic rings. The lowest BCUT2D eigenvalue weighted by Gasteiger charge is -2.15. The molecule has 0 aromatic heterocycles. The first-order valence-corrected chi connectivity index (χ1v) is 6.66. The summed E-state index contributed by atoms with van der Waals surface area (Å²) < 4.78 is 11.0. The number of para-hydroxylation sites is 1. The third-order valence-corrected chi connectivity index (χ3v) is 2.94. The number of carbonyl (C=O) groups is 1. The maximum Gasteiger partial charge on any atom is 0.254 e. The SMILES string of the molecule is O=C(Cl)C(COc1ccccc1)OCc1ccccc1. The van der Waals surface area contributed by atoms with Gasteiger partial charge in [-0.3, -0.25) is 4.79 Å². The first kappa shape index (κ1) is 14.6. The Morgan fingerprint density at radius 3 is 2.20 bits per heavy atom. The summed E-state index contributed by atoms with van der Waals surface area (Å²) in [5.74, 6) is 0.679. The van der Waals surface area contributed by atoms with Crippen LogP contribution in [0, 0.1) is 0 Å². The molecule has 0 N–H and O–H groups in total. The van der Waals surface area contributed by atoms with Crippen molar-refractivity contribution in [1.29, 1.82) is 0 Å². The van der Waals surface area contributed by atoms with Crippen LogP contribution in [0.2, 0.25) is 0 Å². The second kappa shape index (κ2) is 7.68. The van der Waals surface area contributed by atoms with Crippen molar-refractivity contribution in [3.63, 3.8) is 0 Å². The number of rotatable bonds is 7. The number of hydrogen-bond donors (Lipinski definition) is 0. The molecule has 0 aliphatic heterocycles. The van der Waals surface area contributed by atoms with E-state index in [0.29, 0.717) is 12.4 Å². The molecule has 0 amide bonds. The zero-order valence-electron chi connectivity index (χ0n) is 10.9. The van der Waals surface area contributed by atoms with Crippen molar-refractivity contribution >= 4 is 16.8 Å². The van der Waals surface area contributed by atoms with Gasteiger partial charge in [-0.25, -0.2) is 0 Å². The number of halogens is 1. The standard InChI is InChI=1S/C16H15ClO3/c17-16(18)15(12-19-14-9-5-2-6-10-14)20-11-13-7-3-1-4-8-13/h1-10,15H,11-12H2. The van der Waals surface area contributed by atoms with Gasteiger partial charge < -0.3 is 9.47 Å². The lowest BCUT2D eigenvalue weighted by atomic mass is 10.2. The van der Waals surface area contributed by atoms with Crippen LogP contribution in [0.4, 0.5) is 0 Å². The van der Waals surface area contributed by atoms with Crippen molar-refractivity contribution in [2.45, 2.75) is 12.7 Å². The second-order valence-corrected chi connectivity index (χ2v) is 4.59. The monoisotopic (exact) mass is 290 g/mol. The Morgan fingerprint density at radius 1 is 1.00 bits per heavy atom. The van der Waals surface area contributed by atoms with Crippen molar-refractivity contribution in [3.05, 3.63) is 66.2 Å². The summed E-state index contributed by atoms with van der Waals surface area (Å²) in [6.45, 7) is 0.418. The molecule has 0 aliphatic carbocycles. The van der Waals surface area contributed by atoms with Crippen LogP contribution in [0.25, 0.3) is 0 Å². The third-order valence-electron chi connectivity index (χ3n) is 2.69. The Kier molecular flexibility index (Phi) is 5.59. The fourth-order valence-corrected chi connectivity index (χ4v) is 1.76. The van der Waals surface area contributed by atoms with E-state index in [-0.39, 0.29) is 6.61 Å². The predicted molar refractivity (Wildman–Crippen MR) is 77.8 cm³/mol. The van der Waals surface area contributed by atoms with Gasteiger partial charge >= 0.3 is 0 Å². The lowest BCUT2D eigenvalue weighted by Crippen LogP contribution is -2.27. The van der Waals surface area contributed by atoms with Gasteiger partial charge in [0, 0.05) is 0 Å². The molecule has 2 aromatic carbocycles. The highest BCUT2D eigenvalue weighted by atomic mass is 35.5. The number of hydrogen-bond acceptors (Lipinski definition) is 3. The molecule has 3 nitrogen and oxygen atoms in total. The molecule has 4 heteroatoms. The minimum Gasteiger partial charge on any atom is -0.490 e. The summed E-state index contributed by atoms with van der Waals surface area (Å²) in [7, 11) is 0. The highest BCUT2D eigenvalue weighted by Gasteiger charge is 2.18. The minimum absolute atomic E-state index is 0.0964. The van der Waals surface area contributed by atoms with Gasteiger partial charge in [0.05, 0.1) is 6.61 Å². The van der Waals surface area contributed by atoms with Gasteiger partial charge in [-0.2, -0.15) is 0 Å². The summed E-state index contributed by atoms with van der Waals surface area (Å²) >= 11 is 5.53. The predicted octanol–water partition coefficient (Wildman–Crippen LogP) is 3.42. The van der Waals surface area contributed by atoms with Gasteiger partial charge in [0.15, 0.2) is 6.10 Å². The molecular formula is C16H15ClO3. The largest absolute Gasteiger partial charge is 0.490 e. The fraction of sp³-hybridized carbons (Fsp3) is 0.188. The van der Waals surface area contributed by atoms with E-state index in [1.165, 1.54) is 0 Å². The van der Waals surface area contributed by atoms with Gasteiger partial charge in [-0.05, 0) is 29.3 Å². The number of carbonyl (C=O) groups excluding carboxylic acids is 1. The number of benzene rings is 2. The van der Waals surface area contributed by atoms with Crippen LogP contribution in [0.3, 0.4) is 0 Å². The Labute approximate surface area is 123 Å². The first-order chi connectivity index (χ1) is 9.75. The zero-order valence-corrected chi connectivity index (χ0v) is 11.6. The average molecular weight is 291 g/mol. The Bertz CT molecular complexity index is 484. The third kappa shape index (κ3) is 4.68. The van der Waals surface area contributed by atoms with E-state index in [9.17, 15) is 4.79 Å². The molecule has 0 radical (unpaired) electrons. The molecule has 1 atom stereocenters. The molecule has 2 aromatic rings. The van der Waals surface area contributed by atoms with Crippen LogP contribution in [0.1, 0.15) is 5.56 Å². The highest BCUT2D eigenvalue weighted by molar-refractivity contribution is 6.64. The van der Waals surface area contributed by atoms with Gasteiger partial charge in [-0.15, -0.1) is 0 Å². The van der Waals surface area contributed by atoms with Crippen LogP contribution in [-0.2, 0) is 16.1 Å². The molecule has 2 rings (SSSR count). The summed E-state index contributed by atoms with van der Waals surface area (Å²) in [6, 6.07) is 18.8. The second-order valence-electron chi connectivity index (χ2n) is 4.21. The van der Waals surface area contributed by atoms with Crippen LogP contribution in [-0.4, -0.2) is 18.0 Å². The fourth-order valence-electron chi connectivity index (χ4n) is 1.64. The van der Waals surface area contributed by atoms with E-state index < -0.39 is 11.3 Å². The van der Waals surface area contributed by atoms with Crippen LogP contribution >= 0.6 is 11.6 Å². The normalized spacial score (nSPS) is 11.8. The van der Waals surface area contributed by atoms with Crippen molar-refractivity contribution in [2.24, 2.45) is 0 Å². The Hall–Kier alpha value is -1.84. The van der Waals surface area contributed by atoms with Crippen LogP contribution in [0.15, 0.2) is 60.7 Å². The number of ether oxygens (including phenoxy) is 2. The maximum atomic E-state index is 11.3. The minimum atomic E-state index is -0.780. The Balaban J connectivity index is 1.86. The highest BCUT2D eigenvalue weighted by Crippen LogP contribution is 2.11. The Morgan fingerprint density at radius 2 is 1.60 bits per heavy atom. The van der Waals surface area contributed by atoms with Crippen molar-refractivity contribution in [1.82, 2.24) is 0 Å². The van der Waals surface area contributed by atoms with E-state index in [0.717, 1.165) is 5.56 Å². The van der Waals surface area contributed by atoms with Crippen molar-refractivity contribution in [3.8, 4) is 5.75 Å². The average Bonchev–Trinajstić information content (AvgIpc) is 2.49. The molecular weight excluding hydrogens is 276 g/mol. The first-order valence-electron chi connectivity index (χ1n) is 6.28. The van der Waals surface area contributed by atoms with Crippen molar-refractivity contribution in [2.75, 3.05) is 6.61 Å². The molecule has 20 heavy (non-hydrogen) atoms. The summed E-state index contributed by atoms with van der Waals surface area (Å²) in [4.78, 5) is 11.3. The topological polar surface area (TPSA) is 35.5 Å². The van der Waals surface area contributed by atoms with Gasteiger partial charge in [0.2, 0.25) is 0 Å². The quantitative estimate of drug-likeness (QED) is 0.733. The molecule has 1 unspecified atom stereocenters. The molecule has 0 saturated carbocycles. The van der Waals surface area contributed by atoms with E-state index in [2.05, 4.69) is 0 Å². The van der Waals surface area contributed by atoms with E-state index >= 15 is 0 Å². The summed E-state index contributed by atoms with van der Waals surface area (Å²) in [6.07, 6.45) is -0.780. The molecule has 0 fully saturated rings. The van der Waals surface area contributed by atoms with Gasteiger partial charge in [0.1, 0.15) is 12.4 Å². The maximum absolute atomic E-state index is 11.3. The molecule has 0 saturated heterocycles. The van der Waals surface area contributed by atoms with E-state index in [1.54, 1.807) is 0 Å². The van der Waals surface area contributed by atoms with Gasteiger partial charge in [-0.1, -0.05) is 48.5 Å². The summed E-state index contributed by atoms with van der Waals surface area (Å²) in [5, 5.41) is -0.558. The zero-order chi connectivity index (χ0) is 14.2. The lowest BCUT2D eigenvalue weighted by molar-refractivity contribution is -0.125. The van der Waals surface area contributed by atoms with Gasteiger partial charge in [0.25, 0.3) is 5.24 Å². The van der Waals surface area contributed by atoms with Crippen LogP contribution in [0.5, 0.6) is 5.75 Å².